The van der Waals surface area contributed by atoms with Crippen molar-refractivity contribution in [2.24, 2.45) is 5.73 Å². The van der Waals surface area contributed by atoms with Crippen LogP contribution in [0.4, 0.5) is 5.69 Å². The Balaban J connectivity index is 2.72. The van der Waals surface area contributed by atoms with Crippen molar-refractivity contribution in [3.63, 3.8) is 0 Å². The van der Waals surface area contributed by atoms with Gasteiger partial charge in [-0.1, -0.05) is 12.1 Å². The number of nitro groups is 1. The largest absolute Gasteiger partial charge is 0.368 e. The van der Waals surface area contributed by atoms with Crippen molar-refractivity contribution in [3.05, 3.63) is 39.9 Å². The van der Waals surface area contributed by atoms with Crippen molar-refractivity contribution in [2.45, 2.75) is 11.8 Å². The van der Waals surface area contributed by atoms with Gasteiger partial charge in [-0.15, -0.1) is 11.6 Å². The molecule has 0 heterocycles. The van der Waals surface area contributed by atoms with E-state index in [2.05, 4.69) is 0 Å². The van der Waals surface area contributed by atoms with Crippen molar-refractivity contribution in [3.8, 4) is 0 Å². The summed E-state index contributed by atoms with van der Waals surface area (Å²) in [4.78, 5) is 20.5. The van der Waals surface area contributed by atoms with Crippen molar-refractivity contribution >= 4 is 23.2 Å². The van der Waals surface area contributed by atoms with E-state index in [1.807, 2.05) is 0 Å². The molecule has 1 aromatic rings. The molecule has 6 heteroatoms. The van der Waals surface area contributed by atoms with Crippen LogP contribution in [0.2, 0.25) is 0 Å². The van der Waals surface area contributed by atoms with Crippen LogP contribution < -0.4 is 5.73 Å². The van der Waals surface area contributed by atoms with Gasteiger partial charge in [0.15, 0.2) is 0 Å². The Labute approximate surface area is 91.0 Å². The fraction of sp³-hybridized carbons (Fsp3) is 0.222. The highest BCUT2D eigenvalue weighted by molar-refractivity contribution is 6.30. The molecule has 0 spiro atoms. The van der Waals surface area contributed by atoms with Gasteiger partial charge in [0.1, 0.15) is 5.38 Å². The second-order valence-corrected chi connectivity index (χ2v) is 3.52. The van der Waals surface area contributed by atoms with Crippen molar-refractivity contribution in [1.82, 2.24) is 0 Å². The third-order valence-corrected chi connectivity index (χ3v) is 2.24. The van der Waals surface area contributed by atoms with Gasteiger partial charge in [-0.2, -0.15) is 0 Å². The van der Waals surface area contributed by atoms with Crippen LogP contribution in [0.1, 0.15) is 5.56 Å². The zero-order chi connectivity index (χ0) is 11.4. The first-order valence-electron chi connectivity index (χ1n) is 4.17. The van der Waals surface area contributed by atoms with Gasteiger partial charge in [-0.3, -0.25) is 14.9 Å². The Hall–Kier alpha value is -1.62. The molecule has 0 saturated carbocycles. The van der Waals surface area contributed by atoms with Gasteiger partial charge in [0.2, 0.25) is 5.91 Å². The van der Waals surface area contributed by atoms with Gasteiger partial charge in [-0.25, -0.2) is 0 Å². The van der Waals surface area contributed by atoms with Crippen LogP contribution in [-0.2, 0) is 11.2 Å². The first-order valence-corrected chi connectivity index (χ1v) is 4.61. The SMILES string of the molecule is NC(=O)[C@H](Cl)Cc1ccc([N+](=O)[O-])cc1. The predicted molar refractivity (Wildman–Crippen MR) is 55.6 cm³/mol. The summed E-state index contributed by atoms with van der Waals surface area (Å²) in [5.74, 6) is -0.602. The minimum absolute atomic E-state index is 0.00366. The number of alkyl halides is 1. The normalized spacial score (nSPS) is 12.1. The average Bonchev–Trinajstić information content (AvgIpc) is 2.18. The highest BCUT2D eigenvalue weighted by Crippen LogP contribution is 2.14. The van der Waals surface area contributed by atoms with Crippen molar-refractivity contribution < 1.29 is 9.72 Å². The summed E-state index contributed by atoms with van der Waals surface area (Å²) in [7, 11) is 0. The van der Waals surface area contributed by atoms with Crippen LogP contribution in [-0.4, -0.2) is 16.2 Å². The van der Waals surface area contributed by atoms with E-state index in [4.69, 9.17) is 17.3 Å². The number of carbonyl (C=O) groups is 1. The smallest absolute Gasteiger partial charge is 0.269 e. The summed E-state index contributed by atoms with van der Waals surface area (Å²) in [6.45, 7) is 0. The summed E-state index contributed by atoms with van der Waals surface area (Å²) in [5.41, 5.74) is 5.72. The number of nitrogens with zero attached hydrogens (tertiary/aromatic N) is 1. The lowest BCUT2D eigenvalue weighted by Gasteiger charge is -2.04. The summed E-state index contributed by atoms with van der Waals surface area (Å²) in [6, 6.07) is 5.83. The number of benzene rings is 1. The van der Waals surface area contributed by atoms with E-state index in [1.165, 1.54) is 12.1 Å². The number of halogens is 1. The monoisotopic (exact) mass is 228 g/mol. The molecule has 0 bridgehead atoms. The Bertz CT molecular complexity index is 377. The molecule has 0 aliphatic carbocycles. The number of hydrogen-bond acceptors (Lipinski definition) is 3. The lowest BCUT2D eigenvalue weighted by molar-refractivity contribution is -0.384. The predicted octanol–water partition coefficient (Wildman–Crippen LogP) is 1.23. The maximum Gasteiger partial charge on any atom is 0.269 e. The third-order valence-electron chi connectivity index (χ3n) is 1.87. The summed E-state index contributed by atoms with van der Waals surface area (Å²) < 4.78 is 0. The van der Waals surface area contributed by atoms with Crippen LogP contribution in [0.25, 0.3) is 0 Å². The molecular weight excluding hydrogens is 220 g/mol. The Kier molecular flexibility index (Phi) is 3.62. The molecule has 1 amide bonds. The van der Waals surface area contributed by atoms with E-state index >= 15 is 0 Å². The first-order chi connectivity index (χ1) is 7.00. The van der Waals surface area contributed by atoms with Gasteiger partial charge < -0.3 is 5.73 Å². The van der Waals surface area contributed by atoms with Crippen LogP contribution in [0.5, 0.6) is 0 Å². The maximum atomic E-state index is 10.7. The fourth-order valence-corrected chi connectivity index (χ4v) is 1.24. The molecule has 0 aliphatic rings. The number of amides is 1. The lowest BCUT2D eigenvalue weighted by Crippen LogP contribution is -2.25. The van der Waals surface area contributed by atoms with E-state index in [0.29, 0.717) is 0 Å². The molecule has 0 radical (unpaired) electrons. The van der Waals surface area contributed by atoms with E-state index in [-0.39, 0.29) is 12.1 Å². The summed E-state index contributed by atoms with van der Waals surface area (Å²) in [6.07, 6.45) is 0.273. The number of primary amides is 1. The number of rotatable bonds is 4. The van der Waals surface area contributed by atoms with Gasteiger partial charge in [-0.05, 0) is 12.0 Å². The Morgan fingerprint density at radius 2 is 2.00 bits per heavy atom. The molecular formula is C9H9ClN2O3. The number of nitrogens with two attached hydrogens (primary N) is 1. The molecule has 0 aliphatic heterocycles. The van der Waals surface area contributed by atoms with Gasteiger partial charge in [0.25, 0.3) is 5.69 Å². The molecule has 0 aromatic heterocycles. The molecule has 80 valence electrons. The third kappa shape index (κ3) is 3.21. The van der Waals surface area contributed by atoms with E-state index < -0.39 is 16.2 Å². The van der Waals surface area contributed by atoms with Crippen molar-refractivity contribution in [1.29, 1.82) is 0 Å². The van der Waals surface area contributed by atoms with Crippen LogP contribution in [0, 0.1) is 10.1 Å². The van der Waals surface area contributed by atoms with E-state index in [9.17, 15) is 14.9 Å². The van der Waals surface area contributed by atoms with Gasteiger partial charge >= 0.3 is 0 Å². The zero-order valence-corrected chi connectivity index (χ0v) is 8.48. The zero-order valence-electron chi connectivity index (χ0n) is 7.72. The standard InChI is InChI=1S/C9H9ClN2O3/c10-8(9(11)13)5-6-1-3-7(4-2-6)12(14)15/h1-4,8H,5H2,(H2,11,13)/t8-/m1/s1. The molecule has 1 aromatic carbocycles. The fourth-order valence-electron chi connectivity index (χ4n) is 1.06. The molecule has 1 rings (SSSR count). The summed E-state index contributed by atoms with van der Waals surface area (Å²) >= 11 is 5.64. The second-order valence-electron chi connectivity index (χ2n) is 3.00. The maximum absolute atomic E-state index is 10.7. The van der Waals surface area contributed by atoms with Crippen LogP contribution >= 0.6 is 11.6 Å². The number of nitro benzene ring substituents is 1. The first kappa shape index (κ1) is 11.5. The molecule has 0 saturated heterocycles. The van der Waals surface area contributed by atoms with Crippen molar-refractivity contribution in [2.75, 3.05) is 0 Å². The minimum atomic E-state index is -0.786. The summed E-state index contributed by atoms with van der Waals surface area (Å²) in [5, 5.41) is 9.56. The minimum Gasteiger partial charge on any atom is -0.368 e. The van der Waals surface area contributed by atoms with Crippen LogP contribution in [0.15, 0.2) is 24.3 Å². The highest BCUT2D eigenvalue weighted by Gasteiger charge is 2.12. The average molecular weight is 229 g/mol. The van der Waals surface area contributed by atoms with Gasteiger partial charge in [0, 0.05) is 12.1 Å². The molecule has 15 heavy (non-hydrogen) atoms. The lowest BCUT2D eigenvalue weighted by atomic mass is 10.1. The van der Waals surface area contributed by atoms with E-state index in [0.717, 1.165) is 5.56 Å². The molecule has 2 N–H and O–H groups in total. The molecule has 0 unspecified atom stereocenters. The number of hydrogen-bond donors (Lipinski definition) is 1. The Morgan fingerprint density at radius 3 is 2.40 bits per heavy atom. The van der Waals surface area contributed by atoms with Crippen LogP contribution in [0.3, 0.4) is 0 Å². The quantitative estimate of drug-likeness (QED) is 0.478. The highest BCUT2D eigenvalue weighted by atomic mass is 35.5. The van der Waals surface area contributed by atoms with Gasteiger partial charge in [0.05, 0.1) is 4.92 Å². The number of non-ortho nitro benzene ring substituents is 1. The second kappa shape index (κ2) is 4.75. The molecule has 0 fully saturated rings. The molecule has 5 nitrogen and oxygen atoms in total. The topological polar surface area (TPSA) is 86.2 Å². The van der Waals surface area contributed by atoms with E-state index in [1.54, 1.807) is 12.1 Å². The molecule has 1 atom stereocenters. The Morgan fingerprint density at radius 1 is 1.47 bits per heavy atom. The number of carbonyl (C=O) groups excluding carboxylic acids is 1.